The number of carbonyl (C=O) groups excluding carboxylic acids is 1. The third kappa shape index (κ3) is 3.97. The number of nitrogens with one attached hydrogen (secondary N) is 1. The number of rotatable bonds is 6. The number of aromatic nitrogens is 2. The summed E-state index contributed by atoms with van der Waals surface area (Å²) in [6.07, 6.45) is 1.38. The summed E-state index contributed by atoms with van der Waals surface area (Å²) in [5.41, 5.74) is 3.17. The summed E-state index contributed by atoms with van der Waals surface area (Å²) in [7, 11) is -0.357. The Labute approximate surface area is 175 Å². The van der Waals surface area contributed by atoms with Crippen LogP contribution < -0.4 is 15.3 Å². The van der Waals surface area contributed by atoms with E-state index < -0.39 is 22.0 Å². The lowest BCUT2D eigenvalue weighted by atomic mass is 10.1. The van der Waals surface area contributed by atoms with Crippen molar-refractivity contribution in [2.24, 2.45) is 14.1 Å². The maximum Gasteiger partial charge on any atom is 0.328 e. The third-order valence-corrected chi connectivity index (χ3v) is 6.34. The molecule has 160 valence electrons. The molecule has 0 saturated heterocycles. The molecule has 1 aromatic heterocycles. The molecule has 0 radical (unpaired) electrons. The minimum Gasteiger partial charge on any atom is -0.324 e. The van der Waals surface area contributed by atoms with E-state index in [9.17, 15) is 18.0 Å². The summed E-state index contributed by atoms with van der Waals surface area (Å²) >= 11 is 0. The van der Waals surface area contributed by atoms with Crippen LogP contribution in [-0.4, -0.2) is 35.8 Å². The Kier molecular flexibility index (Phi) is 5.76. The molecule has 0 saturated carbocycles. The molecule has 0 aliphatic heterocycles. The molecular formula is C21H26N4O4S. The molecule has 0 fully saturated rings. The van der Waals surface area contributed by atoms with Crippen molar-refractivity contribution < 1.29 is 13.2 Å². The number of benzene rings is 2. The topological polar surface area (TPSA) is 93.4 Å². The van der Waals surface area contributed by atoms with Crippen LogP contribution >= 0.6 is 0 Å². The van der Waals surface area contributed by atoms with E-state index in [4.69, 9.17) is 0 Å². The molecule has 8 nitrogen and oxygen atoms in total. The van der Waals surface area contributed by atoms with Crippen molar-refractivity contribution in [2.45, 2.75) is 26.3 Å². The maximum atomic E-state index is 13.1. The molecule has 0 aliphatic carbocycles. The second kappa shape index (κ2) is 7.98. The molecule has 1 N–H and O–H groups in total. The molecule has 0 aliphatic rings. The van der Waals surface area contributed by atoms with Gasteiger partial charge in [0.25, 0.3) is 0 Å². The second-order valence-electron chi connectivity index (χ2n) is 7.41. The standard InChI is InChI=1S/C21H26N4O4S/c1-6-17(25(30(5,28)29)16-10-7-14(2)8-11-16)20(26)22-15-9-12-18-19(13-15)24(4)21(27)23(18)3/h7-13,17H,6H2,1-5H3,(H,22,26)/t17-/m0/s1. The zero-order valence-electron chi connectivity index (χ0n) is 17.7. The van der Waals surface area contributed by atoms with Gasteiger partial charge in [-0.25, -0.2) is 13.2 Å². The van der Waals surface area contributed by atoms with E-state index in [-0.39, 0.29) is 5.69 Å². The fourth-order valence-corrected chi connectivity index (χ4v) is 4.77. The number of hydrogen-bond donors (Lipinski definition) is 1. The highest BCUT2D eigenvalue weighted by Crippen LogP contribution is 2.24. The van der Waals surface area contributed by atoms with Gasteiger partial charge in [-0.05, 0) is 43.7 Å². The van der Waals surface area contributed by atoms with Crippen molar-refractivity contribution in [1.82, 2.24) is 9.13 Å². The van der Waals surface area contributed by atoms with Gasteiger partial charge >= 0.3 is 5.69 Å². The van der Waals surface area contributed by atoms with E-state index in [1.54, 1.807) is 51.4 Å². The Morgan fingerprint density at radius 3 is 2.23 bits per heavy atom. The molecule has 9 heteroatoms. The molecule has 1 atom stereocenters. The van der Waals surface area contributed by atoms with Gasteiger partial charge < -0.3 is 5.32 Å². The van der Waals surface area contributed by atoms with Gasteiger partial charge in [0.05, 0.1) is 23.0 Å². The highest BCUT2D eigenvalue weighted by molar-refractivity contribution is 7.92. The van der Waals surface area contributed by atoms with Gasteiger partial charge in [0.2, 0.25) is 15.9 Å². The Morgan fingerprint density at radius 2 is 1.67 bits per heavy atom. The maximum absolute atomic E-state index is 13.1. The van der Waals surface area contributed by atoms with Crippen molar-refractivity contribution in [2.75, 3.05) is 15.9 Å². The van der Waals surface area contributed by atoms with Crippen LogP contribution in [0.1, 0.15) is 18.9 Å². The van der Waals surface area contributed by atoms with Gasteiger partial charge in [0.1, 0.15) is 6.04 Å². The predicted molar refractivity (Wildman–Crippen MR) is 119 cm³/mol. The van der Waals surface area contributed by atoms with Gasteiger partial charge in [0, 0.05) is 19.8 Å². The summed E-state index contributed by atoms with van der Waals surface area (Å²) in [5, 5.41) is 2.81. The van der Waals surface area contributed by atoms with E-state index in [2.05, 4.69) is 5.32 Å². The van der Waals surface area contributed by atoms with Crippen LogP contribution in [0, 0.1) is 6.92 Å². The fourth-order valence-electron chi connectivity index (χ4n) is 3.56. The first-order chi connectivity index (χ1) is 14.0. The lowest BCUT2D eigenvalue weighted by Crippen LogP contribution is -2.47. The quantitative estimate of drug-likeness (QED) is 0.650. The molecular weight excluding hydrogens is 404 g/mol. The van der Waals surface area contributed by atoms with Gasteiger partial charge in [-0.1, -0.05) is 24.6 Å². The van der Waals surface area contributed by atoms with Crippen LogP contribution in [0.2, 0.25) is 0 Å². The van der Waals surface area contributed by atoms with Gasteiger partial charge in [-0.15, -0.1) is 0 Å². The lowest BCUT2D eigenvalue weighted by molar-refractivity contribution is -0.117. The lowest BCUT2D eigenvalue weighted by Gasteiger charge is -2.30. The molecule has 0 unspecified atom stereocenters. The van der Waals surface area contributed by atoms with E-state index in [0.29, 0.717) is 23.3 Å². The Morgan fingerprint density at radius 1 is 1.07 bits per heavy atom. The Balaban J connectivity index is 1.96. The van der Waals surface area contributed by atoms with Crippen LogP contribution in [0.4, 0.5) is 11.4 Å². The molecule has 3 aromatic rings. The first-order valence-corrected chi connectivity index (χ1v) is 11.4. The van der Waals surface area contributed by atoms with Crippen molar-refractivity contribution in [3.8, 4) is 0 Å². The summed E-state index contributed by atoms with van der Waals surface area (Å²) < 4.78 is 29.3. The number of sulfonamides is 1. The monoisotopic (exact) mass is 430 g/mol. The van der Waals surface area contributed by atoms with Crippen molar-refractivity contribution in [3.63, 3.8) is 0 Å². The first-order valence-electron chi connectivity index (χ1n) is 9.57. The number of carbonyl (C=O) groups is 1. The molecule has 1 heterocycles. The van der Waals surface area contributed by atoms with Gasteiger partial charge in [-0.3, -0.25) is 18.2 Å². The van der Waals surface area contributed by atoms with Crippen molar-refractivity contribution >= 4 is 38.3 Å². The molecule has 0 spiro atoms. The smallest absolute Gasteiger partial charge is 0.324 e. The van der Waals surface area contributed by atoms with Crippen LogP contribution in [-0.2, 0) is 28.9 Å². The van der Waals surface area contributed by atoms with Crippen LogP contribution in [0.25, 0.3) is 11.0 Å². The van der Waals surface area contributed by atoms with E-state index in [1.165, 1.54) is 9.13 Å². The van der Waals surface area contributed by atoms with E-state index in [0.717, 1.165) is 21.6 Å². The molecule has 3 rings (SSSR count). The van der Waals surface area contributed by atoms with Gasteiger partial charge in [-0.2, -0.15) is 0 Å². The number of aryl methyl sites for hydroxylation is 3. The summed E-state index contributed by atoms with van der Waals surface area (Å²) in [6.45, 7) is 3.67. The summed E-state index contributed by atoms with van der Waals surface area (Å²) in [5.74, 6) is -0.441. The van der Waals surface area contributed by atoms with Crippen LogP contribution in [0.15, 0.2) is 47.3 Å². The number of imidazole rings is 1. The average Bonchev–Trinajstić information content (AvgIpc) is 2.90. The minimum absolute atomic E-state index is 0.164. The number of anilines is 2. The Hall–Kier alpha value is -3.07. The zero-order chi connectivity index (χ0) is 22.2. The highest BCUT2D eigenvalue weighted by atomic mass is 32.2. The molecule has 1 amide bonds. The van der Waals surface area contributed by atoms with E-state index >= 15 is 0 Å². The molecule has 0 bridgehead atoms. The SMILES string of the molecule is CC[C@@H](C(=O)Nc1ccc2c(c1)n(C)c(=O)n2C)N(c1ccc(C)cc1)S(C)(=O)=O. The first kappa shape index (κ1) is 21.6. The van der Waals surface area contributed by atoms with Gasteiger partial charge in [0.15, 0.2) is 0 Å². The highest BCUT2D eigenvalue weighted by Gasteiger charge is 2.31. The second-order valence-corrected chi connectivity index (χ2v) is 9.27. The van der Waals surface area contributed by atoms with Crippen LogP contribution in [0.3, 0.4) is 0 Å². The van der Waals surface area contributed by atoms with E-state index in [1.807, 2.05) is 19.1 Å². The third-order valence-electron chi connectivity index (χ3n) is 5.16. The average molecular weight is 431 g/mol. The van der Waals surface area contributed by atoms with Crippen molar-refractivity contribution in [3.05, 3.63) is 58.5 Å². The van der Waals surface area contributed by atoms with Crippen molar-refractivity contribution in [1.29, 1.82) is 0 Å². The molecule has 2 aromatic carbocycles. The zero-order valence-corrected chi connectivity index (χ0v) is 18.5. The summed E-state index contributed by atoms with van der Waals surface area (Å²) in [4.78, 5) is 25.2. The summed E-state index contributed by atoms with van der Waals surface area (Å²) in [6, 6.07) is 11.2. The molecule has 30 heavy (non-hydrogen) atoms. The number of nitrogens with zero attached hydrogens (tertiary/aromatic N) is 3. The normalized spacial score (nSPS) is 12.7. The number of hydrogen-bond acceptors (Lipinski definition) is 4. The number of fused-ring (bicyclic) bond motifs is 1. The number of amides is 1. The fraction of sp³-hybridized carbons (Fsp3) is 0.333. The predicted octanol–water partition coefficient (Wildman–Crippen LogP) is 2.37. The largest absolute Gasteiger partial charge is 0.328 e. The Bertz CT molecular complexity index is 1260. The van der Waals surface area contributed by atoms with Crippen LogP contribution in [0.5, 0.6) is 0 Å². The minimum atomic E-state index is -3.70.